The molecule has 0 saturated heterocycles. The van der Waals surface area contributed by atoms with Gasteiger partial charge in [-0.25, -0.2) is 0 Å². The zero-order valence-corrected chi connectivity index (χ0v) is 38.2. The highest BCUT2D eigenvalue weighted by Crippen LogP contribution is 2.37. The lowest BCUT2D eigenvalue weighted by Gasteiger charge is -2.22. The summed E-state index contributed by atoms with van der Waals surface area (Å²) in [6.45, 7) is 0. The number of hydrogen-bond donors (Lipinski definition) is 0. The van der Waals surface area contributed by atoms with Crippen molar-refractivity contribution in [3.8, 4) is 0 Å². The van der Waals surface area contributed by atoms with Crippen LogP contribution < -0.4 is 0 Å². The Morgan fingerprint density at radius 1 is 0.303 bits per heavy atom. The van der Waals surface area contributed by atoms with Gasteiger partial charge >= 0.3 is 0 Å². The lowest BCUT2D eigenvalue weighted by Crippen LogP contribution is -2.04. The number of hydrogen-bond acceptors (Lipinski definition) is 0. The van der Waals surface area contributed by atoms with E-state index in [-0.39, 0.29) is 0 Å². The van der Waals surface area contributed by atoms with Gasteiger partial charge in [-0.1, -0.05) is 257 Å². The Labute approximate surface area is 393 Å². The molecule has 8 aromatic rings. The molecule has 8 aromatic carbocycles. The highest BCUT2D eigenvalue weighted by Gasteiger charge is 2.18. The summed E-state index contributed by atoms with van der Waals surface area (Å²) in [4.78, 5) is 0. The van der Waals surface area contributed by atoms with Crippen molar-refractivity contribution in [3.05, 3.63) is 261 Å². The van der Waals surface area contributed by atoms with Crippen LogP contribution in [0.1, 0.15) is 143 Å². The van der Waals surface area contributed by atoms with Crippen molar-refractivity contribution in [2.24, 2.45) is 0 Å². The van der Waals surface area contributed by atoms with Crippen LogP contribution in [-0.2, 0) is 0 Å². The van der Waals surface area contributed by atoms with Crippen molar-refractivity contribution in [1.29, 1.82) is 0 Å². The van der Waals surface area contributed by atoms with E-state index in [1.54, 1.807) is 0 Å². The second-order valence-electron chi connectivity index (χ2n) is 18.5. The van der Waals surface area contributed by atoms with Gasteiger partial charge in [0.2, 0.25) is 0 Å². The van der Waals surface area contributed by atoms with E-state index in [0.717, 1.165) is 0 Å². The maximum Gasteiger partial charge on any atom is -0.0105 e. The zero-order valence-electron chi connectivity index (χ0n) is 38.2. The van der Waals surface area contributed by atoms with Crippen LogP contribution in [0.15, 0.2) is 194 Å². The van der Waals surface area contributed by atoms with Crippen LogP contribution in [0.5, 0.6) is 0 Å². The predicted molar refractivity (Wildman–Crippen MR) is 286 cm³/mol. The highest BCUT2D eigenvalue weighted by molar-refractivity contribution is 5.99. The van der Waals surface area contributed by atoms with E-state index in [1.165, 1.54) is 153 Å². The third-order valence-electron chi connectivity index (χ3n) is 14.2. The van der Waals surface area contributed by atoms with Gasteiger partial charge in [0.25, 0.3) is 0 Å². The molecule has 324 valence electrons. The van der Waals surface area contributed by atoms with Crippen LogP contribution >= 0.6 is 0 Å². The summed E-state index contributed by atoms with van der Waals surface area (Å²) in [5.74, 6) is 1.38. The van der Waals surface area contributed by atoms with Gasteiger partial charge in [-0.2, -0.15) is 0 Å². The van der Waals surface area contributed by atoms with Gasteiger partial charge in [0.1, 0.15) is 0 Å². The standard InChI is InChI=1S/C66H60/c1-5-19-49(20-6-1)53-34-39-59(40-35-53)65(55-25-9-3-10-26-55)47-61-30-15-13-23-51(61)33-38-58-44-43-57-29-17-18-32-63(57)64(58)46-45-52-24-14-16-31-62(52)48-66(56-27-11-4-12-28-56)60-41-36-54(37-42-60)50-21-7-2-8-22-50/h3-4,9-18,23-50H,1-2,5-8,19-22H2/b38-33?,46-45?,65-47-,66-48-. The molecule has 0 heteroatoms. The Bertz CT molecular complexity index is 2980. The summed E-state index contributed by atoms with van der Waals surface area (Å²) >= 11 is 0. The summed E-state index contributed by atoms with van der Waals surface area (Å²) in [5, 5.41) is 2.47. The Balaban J connectivity index is 0.993. The van der Waals surface area contributed by atoms with E-state index in [4.69, 9.17) is 0 Å². The van der Waals surface area contributed by atoms with Crippen LogP contribution in [0.25, 0.3) is 58.4 Å². The third kappa shape index (κ3) is 10.1. The Morgan fingerprint density at radius 3 is 1.20 bits per heavy atom. The molecule has 0 unspecified atom stereocenters. The normalized spacial score (nSPS) is 15.5. The molecular formula is C66H60. The van der Waals surface area contributed by atoms with Gasteiger partial charge in [0.05, 0.1) is 0 Å². The summed E-state index contributed by atoms with van der Waals surface area (Å²) < 4.78 is 0. The molecule has 0 aliphatic heterocycles. The van der Waals surface area contributed by atoms with Gasteiger partial charge in [-0.3, -0.25) is 0 Å². The Hall–Kier alpha value is -7.02. The highest BCUT2D eigenvalue weighted by atomic mass is 14.2. The van der Waals surface area contributed by atoms with E-state index in [0.29, 0.717) is 11.8 Å². The molecule has 0 radical (unpaired) electrons. The van der Waals surface area contributed by atoms with E-state index in [2.05, 4.69) is 231 Å². The van der Waals surface area contributed by atoms with Crippen LogP contribution in [0.3, 0.4) is 0 Å². The van der Waals surface area contributed by atoms with Gasteiger partial charge in [0, 0.05) is 0 Å². The first-order valence-corrected chi connectivity index (χ1v) is 24.5. The van der Waals surface area contributed by atoms with Crippen LogP contribution in [0, 0.1) is 0 Å². The largest absolute Gasteiger partial charge is 0.0622 e. The number of fused-ring (bicyclic) bond motifs is 1. The quantitative estimate of drug-likeness (QED) is 0.107. The van der Waals surface area contributed by atoms with Crippen LogP contribution in [-0.4, -0.2) is 0 Å². The molecule has 0 bridgehead atoms. The summed E-state index contributed by atoms with van der Waals surface area (Å²) in [5.41, 5.74) is 17.5. The minimum Gasteiger partial charge on any atom is -0.0622 e. The maximum atomic E-state index is 2.39. The minimum atomic E-state index is 0.690. The first-order chi connectivity index (χ1) is 32.7. The first kappa shape index (κ1) is 42.9. The van der Waals surface area contributed by atoms with Crippen molar-refractivity contribution < 1.29 is 0 Å². The topological polar surface area (TPSA) is 0 Å². The molecule has 0 nitrogen and oxygen atoms in total. The molecule has 2 aliphatic rings. The maximum absolute atomic E-state index is 2.39. The molecular weight excluding hydrogens is 793 g/mol. The predicted octanol–water partition coefficient (Wildman–Crippen LogP) is 18.5. The van der Waals surface area contributed by atoms with Crippen molar-refractivity contribution >= 4 is 58.4 Å². The fraction of sp³-hybridized carbons (Fsp3) is 0.182. The summed E-state index contributed by atoms with van der Waals surface area (Å²) in [7, 11) is 0. The number of benzene rings is 8. The van der Waals surface area contributed by atoms with Crippen molar-refractivity contribution in [3.63, 3.8) is 0 Å². The van der Waals surface area contributed by atoms with E-state index >= 15 is 0 Å². The second-order valence-corrected chi connectivity index (χ2v) is 18.5. The molecule has 2 aliphatic carbocycles. The zero-order chi connectivity index (χ0) is 44.3. The third-order valence-corrected chi connectivity index (χ3v) is 14.2. The Kier molecular flexibility index (Phi) is 13.6. The molecule has 0 amide bonds. The molecule has 10 rings (SSSR count). The van der Waals surface area contributed by atoms with E-state index < -0.39 is 0 Å². The molecule has 2 fully saturated rings. The fourth-order valence-electron chi connectivity index (χ4n) is 10.5. The average Bonchev–Trinajstić information content (AvgIpc) is 3.40. The molecule has 0 spiro atoms. The second kappa shape index (κ2) is 20.9. The molecule has 0 N–H and O–H groups in total. The fourth-order valence-corrected chi connectivity index (χ4v) is 10.5. The van der Waals surface area contributed by atoms with Gasteiger partial charge in [-0.15, -0.1) is 0 Å². The van der Waals surface area contributed by atoms with Gasteiger partial charge < -0.3 is 0 Å². The first-order valence-electron chi connectivity index (χ1n) is 24.5. The smallest absolute Gasteiger partial charge is 0.0105 e. The van der Waals surface area contributed by atoms with Crippen LogP contribution in [0.4, 0.5) is 0 Å². The molecule has 0 heterocycles. The van der Waals surface area contributed by atoms with Crippen LogP contribution in [0.2, 0.25) is 0 Å². The molecule has 0 aromatic heterocycles. The SMILES string of the molecule is C(=Cc1ccc2ccccc2c1C=Cc1ccccc1/C=C(/c1ccccc1)c1ccc(C2CCCCC2)cc1)c1ccccc1/C=C(/c1ccccc1)c1ccc(C2CCCCC2)cc1. The van der Waals surface area contributed by atoms with Crippen molar-refractivity contribution in [2.75, 3.05) is 0 Å². The Morgan fingerprint density at radius 2 is 0.697 bits per heavy atom. The monoisotopic (exact) mass is 852 g/mol. The minimum absolute atomic E-state index is 0.690. The molecule has 66 heavy (non-hydrogen) atoms. The number of rotatable bonds is 12. The lowest BCUT2D eigenvalue weighted by molar-refractivity contribution is 0.443. The molecule has 2 saturated carbocycles. The summed E-state index contributed by atoms with van der Waals surface area (Å²) in [6.07, 6.45) is 27.4. The van der Waals surface area contributed by atoms with E-state index in [1.807, 2.05) is 0 Å². The van der Waals surface area contributed by atoms with Gasteiger partial charge in [0.15, 0.2) is 0 Å². The van der Waals surface area contributed by atoms with Crippen molar-refractivity contribution in [1.82, 2.24) is 0 Å². The average molecular weight is 853 g/mol. The summed E-state index contributed by atoms with van der Waals surface area (Å²) in [6, 6.07) is 71.6. The van der Waals surface area contributed by atoms with Crippen molar-refractivity contribution in [2.45, 2.75) is 76.0 Å². The van der Waals surface area contributed by atoms with Gasteiger partial charge in [-0.05, 0) is 138 Å². The van der Waals surface area contributed by atoms with E-state index in [9.17, 15) is 0 Å². The molecule has 0 atom stereocenters. The lowest BCUT2D eigenvalue weighted by atomic mass is 9.83.